The molecule has 33 heavy (non-hydrogen) atoms. The lowest BCUT2D eigenvalue weighted by Gasteiger charge is -2.36. The van der Waals surface area contributed by atoms with E-state index < -0.39 is 11.2 Å². The van der Waals surface area contributed by atoms with Gasteiger partial charge in [0.2, 0.25) is 0 Å². The minimum Gasteiger partial charge on any atom is -0.374 e. The predicted octanol–water partition coefficient (Wildman–Crippen LogP) is 5.98. The summed E-state index contributed by atoms with van der Waals surface area (Å²) in [5.74, 6) is 0. The van der Waals surface area contributed by atoms with Crippen molar-refractivity contribution < 1.29 is 14.2 Å². The molecule has 0 spiro atoms. The number of epoxide rings is 1. The molecule has 1 heterocycles. The van der Waals surface area contributed by atoms with E-state index in [1.807, 2.05) is 36.4 Å². The third kappa shape index (κ3) is 4.76. The molecular weight excluding hydrogens is 408 g/mol. The van der Waals surface area contributed by atoms with Crippen LogP contribution < -0.4 is 0 Å². The summed E-state index contributed by atoms with van der Waals surface area (Å²) in [6, 6.07) is 41.5. The van der Waals surface area contributed by atoms with Crippen molar-refractivity contribution in [1.82, 2.24) is 0 Å². The maximum atomic E-state index is 6.91. The highest BCUT2D eigenvalue weighted by atomic mass is 16.6. The summed E-state index contributed by atoms with van der Waals surface area (Å²) in [5, 5.41) is 0. The molecule has 0 N–H and O–H groups in total. The highest BCUT2D eigenvalue weighted by Crippen LogP contribution is 2.42. The Morgan fingerprint density at radius 3 is 1.45 bits per heavy atom. The molecule has 3 nitrogen and oxygen atoms in total. The van der Waals surface area contributed by atoms with Crippen LogP contribution in [0.25, 0.3) is 0 Å². The molecule has 5 rings (SSSR count). The van der Waals surface area contributed by atoms with Gasteiger partial charge >= 0.3 is 0 Å². The average molecular weight is 437 g/mol. The van der Waals surface area contributed by atoms with Gasteiger partial charge in [-0.3, -0.25) is 0 Å². The van der Waals surface area contributed by atoms with Gasteiger partial charge < -0.3 is 14.2 Å². The Hall–Kier alpha value is -3.24. The summed E-state index contributed by atoms with van der Waals surface area (Å²) >= 11 is 0. The first kappa shape index (κ1) is 21.6. The molecule has 1 atom stereocenters. The zero-order valence-electron chi connectivity index (χ0n) is 18.6. The lowest BCUT2D eigenvalue weighted by atomic mass is 9.80. The topological polar surface area (TPSA) is 31.0 Å². The Labute approximate surface area is 195 Å². The molecular formula is C30H28O3. The fourth-order valence-corrected chi connectivity index (χ4v) is 4.25. The van der Waals surface area contributed by atoms with Crippen molar-refractivity contribution in [3.05, 3.63) is 144 Å². The third-order valence-corrected chi connectivity index (χ3v) is 6.12. The van der Waals surface area contributed by atoms with Crippen LogP contribution in [0.15, 0.2) is 121 Å². The minimum absolute atomic E-state index is 0.418. The normalized spacial score (nSPS) is 17.6. The Bertz CT molecular complexity index is 1030. The molecule has 0 aromatic heterocycles. The van der Waals surface area contributed by atoms with Crippen molar-refractivity contribution in [1.29, 1.82) is 0 Å². The van der Waals surface area contributed by atoms with Crippen LogP contribution in [0, 0.1) is 0 Å². The van der Waals surface area contributed by atoms with Crippen LogP contribution in [0.3, 0.4) is 0 Å². The summed E-state index contributed by atoms with van der Waals surface area (Å²) in [5.41, 5.74) is 3.25. The first-order valence-corrected chi connectivity index (χ1v) is 11.4. The van der Waals surface area contributed by atoms with Gasteiger partial charge in [-0.25, -0.2) is 0 Å². The standard InChI is InChI=1S/C30H28O3/c1-5-13-25(14-6-1)21-31-22-29(23-32-29)24-33-30(26-15-7-2-8-16-26,27-17-9-3-10-18-27)28-19-11-4-12-20-28/h1-20H,21-24H2/t29-/m0/s1. The highest BCUT2D eigenvalue weighted by Gasteiger charge is 2.49. The maximum absolute atomic E-state index is 6.91. The van der Waals surface area contributed by atoms with Crippen LogP contribution in [0.4, 0.5) is 0 Å². The monoisotopic (exact) mass is 436 g/mol. The number of hydrogen-bond donors (Lipinski definition) is 0. The summed E-state index contributed by atoms with van der Waals surface area (Å²) in [6.45, 7) is 2.13. The molecule has 4 aromatic rings. The highest BCUT2D eigenvalue weighted by molar-refractivity contribution is 5.47. The average Bonchev–Trinajstić information content (AvgIpc) is 3.67. The largest absolute Gasteiger partial charge is 0.374 e. The van der Waals surface area contributed by atoms with Crippen LogP contribution in [0.1, 0.15) is 22.3 Å². The van der Waals surface area contributed by atoms with Gasteiger partial charge in [0.05, 0.1) is 26.4 Å². The summed E-state index contributed by atoms with van der Waals surface area (Å²) in [6.07, 6.45) is 0. The van der Waals surface area contributed by atoms with Crippen molar-refractivity contribution >= 4 is 0 Å². The van der Waals surface area contributed by atoms with Crippen LogP contribution in [0.2, 0.25) is 0 Å². The van der Waals surface area contributed by atoms with Crippen LogP contribution in [-0.2, 0) is 26.4 Å². The molecule has 1 saturated heterocycles. The van der Waals surface area contributed by atoms with E-state index in [4.69, 9.17) is 14.2 Å². The van der Waals surface area contributed by atoms with Crippen LogP contribution >= 0.6 is 0 Å². The molecule has 0 amide bonds. The van der Waals surface area contributed by atoms with Gasteiger partial charge in [0.1, 0.15) is 11.2 Å². The number of ether oxygens (including phenoxy) is 3. The van der Waals surface area contributed by atoms with E-state index in [0.717, 1.165) is 22.3 Å². The van der Waals surface area contributed by atoms with E-state index in [9.17, 15) is 0 Å². The minimum atomic E-state index is -0.748. The summed E-state index contributed by atoms with van der Waals surface area (Å²) in [7, 11) is 0. The first-order chi connectivity index (χ1) is 16.3. The van der Waals surface area contributed by atoms with E-state index >= 15 is 0 Å². The zero-order valence-corrected chi connectivity index (χ0v) is 18.6. The van der Waals surface area contributed by atoms with Gasteiger partial charge in [-0.2, -0.15) is 0 Å². The Morgan fingerprint density at radius 1 is 0.606 bits per heavy atom. The summed E-state index contributed by atoms with van der Waals surface area (Å²) < 4.78 is 18.8. The van der Waals surface area contributed by atoms with E-state index in [-0.39, 0.29) is 0 Å². The van der Waals surface area contributed by atoms with Crippen LogP contribution in [0.5, 0.6) is 0 Å². The number of hydrogen-bond acceptors (Lipinski definition) is 3. The molecule has 0 saturated carbocycles. The molecule has 0 aliphatic carbocycles. The van der Waals surface area contributed by atoms with E-state index in [2.05, 4.69) is 84.9 Å². The quantitative estimate of drug-likeness (QED) is 0.226. The van der Waals surface area contributed by atoms with E-state index in [0.29, 0.717) is 26.4 Å². The van der Waals surface area contributed by atoms with E-state index in [1.165, 1.54) is 0 Å². The van der Waals surface area contributed by atoms with Gasteiger partial charge in [0, 0.05) is 0 Å². The lowest BCUT2D eigenvalue weighted by Crippen LogP contribution is -2.38. The predicted molar refractivity (Wildman–Crippen MR) is 130 cm³/mol. The molecule has 1 aliphatic rings. The van der Waals surface area contributed by atoms with Gasteiger partial charge in [-0.15, -0.1) is 0 Å². The Kier molecular flexibility index (Phi) is 6.36. The van der Waals surface area contributed by atoms with Crippen molar-refractivity contribution in [3.8, 4) is 0 Å². The van der Waals surface area contributed by atoms with Gasteiger partial charge in [0.25, 0.3) is 0 Å². The second-order valence-corrected chi connectivity index (χ2v) is 8.52. The van der Waals surface area contributed by atoms with Crippen LogP contribution in [-0.4, -0.2) is 25.4 Å². The maximum Gasteiger partial charge on any atom is 0.143 e. The van der Waals surface area contributed by atoms with Crippen molar-refractivity contribution in [2.75, 3.05) is 19.8 Å². The fraction of sp³-hybridized carbons (Fsp3) is 0.200. The van der Waals surface area contributed by atoms with Gasteiger partial charge in [0.15, 0.2) is 0 Å². The number of benzene rings is 4. The molecule has 0 unspecified atom stereocenters. The van der Waals surface area contributed by atoms with Crippen molar-refractivity contribution in [3.63, 3.8) is 0 Å². The van der Waals surface area contributed by atoms with Crippen molar-refractivity contribution in [2.45, 2.75) is 17.8 Å². The van der Waals surface area contributed by atoms with E-state index in [1.54, 1.807) is 0 Å². The lowest BCUT2D eigenvalue weighted by molar-refractivity contribution is -0.0418. The third-order valence-electron chi connectivity index (χ3n) is 6.12. The van der Waals surface area contributed by atoms with Gasteiger partial charge in [-0.1, -0.05) is 121 Å². The SMILES string of the molecule is c1ccc(COC[C@@]2(COC(c3ccccc3)(c3ccccc3)c3ccccc3)CO2)cc1. The smallest absolute Gasteiger partial charge is 0.143 e. The number of rotatable bonds is 10. The summed E-state index contributed by atoms with van der Waals surface area (Å²) in [4.78, 5) is 0. The molecule has 3 heteroatoms. The molecule has 0 bridgehead atoms. The molecule has 1 aliphatic heterocycles. The second-order valence-electron chi connectivity index (χ2n) is 8.52. The fourth-order valence-electron chi connectivity index (χ4n) is 4.25. The molecule has 1 fully saturated rings. The molecule has 0 radical (unpaired) electrons. The molecule has 166 valence electrons. The Balaban J connectivity index is 1.43. The molecule has 4 aromatic carbocycles. The first-order valence-electron chi connectivity index (χ1n) is 11.4. The van der Waals surface area contributed by atoms with Crippen molar-refractivity contribution in [2.24, 2.45) is 0 Å². The second kappa shape index (κ2) is 9.72. The zero-order chi connectivity index (χ0) is 22.4. The Morgan fingerprint density at radius 2 is 1.03 bits per heavy atom. The van der Waals surface area contributed by atoms with Gasteiger partial charge in [-0.05, 0) is 22.3 Å².